The van der Waals surface area contributed by atoms with Gasteiger partial charge in [-0.2, -0.15) is 15.5 Å². The molecule has 0 bridgehead atoms. The van der Waals surface area contributed by atoms with Crippen molar-refractivity contribution in [2.75, 3.05) is 13.2 Å². The molecule has 2 aromatic heterocycles. The predicted molar refractivity (Wildman–Crippen MR) is 114 cm³/mol. The summed E-state index contributed by atoms with van der Waals surface area (Å²) < 4.78 is 15.5. The summed E-state index contributed by atoms with van der Waals surface area (Å²) >= 11 is 0. The minimum absolute atomic E-state index is 0.00770. The summed E-state index contributed by atoms with van der Waals surface area (Å²) in [5.74, 6) is 0.816. The van der Waals surface area contributed by atoms with Crippen molar-refractivity contribution in [3.63, 3.8) is 0 Å². The number of nitrogens with zero attached hydrogens (tertiary/aromatic N) is 5. The fraction of sp³-hybridized carbons (Fsp3) is 0.292. The number of fused-ring (bicyclic) bond motifs is 2. The number of nitriles is 1. The van der Waals surface area contributed by atoms with E-state index in [0.29, 0.717) is 24.8 Å². The zero-order valence-electron chi connectivity index (χ0n) is 16.9. The van der Waals surface area contributed by atoms with Crippen LogP contribution in [0.5, 0.6) is 5.75 Å². The summed E-state index contributed by atoms with van der Waals surface area (Å²) in [6.07, 6.45) is 8.71. The minimum Gasteiger partial charge on any atom is -0.486 e. The van der Waals surface area contributed by atoms with Crippen molar-refractivity contribution in [2.24, 2.45) is 0 Å². The molecule has 6 rings (SSSR count). The predicted octanol–water partition coefficient (Wildman–Crippen LogP) is 4.12. The summed E-state index contributed by atoms with van der Waals surface area (Å²) in [6, 6.07) is 14.5. The van der Waals surface area contributed by atoms with Crippen LogP contribution < -0.4 is 4.74 Å². The van der Waals surface area contributed by atoms with Gasteiger partial charge in [0.1, 0.15) is 17.5 Å². The molecule has 7 nitrogen and oxygen atoms in total. The molecule has 0 radical (unpaired) electrons. The van der Waals surface area contributed by atoms with E-state index in [1.165, 1.54) is 11.1 Å². The molecular weight excluding hydrogens is 390 g/mol. The first-order chi connectivity index (χ1) is 15.3. The van der Waals surface area contributed by atoms with E-state index in [4.69, 9.17) is 9.47 Å². The number of benzene rings is 2. The molecule has 0 amide bonds. The summed E-state index contributed by atoms with van der Waals surface area (Å²) in [4.78, 5) is 0. The zero-order chi connectivity index (χ0) is 20.8. The second-order valence-electron chi connectivity index (χ2n) is 8.17. The van der Waals surface area contributed by atoms with Crippen LogP contribution in [0.2, 0.25) is 0 Å². The summed E-state index contributed by atoms with van der Waals surface area (Å²) in [7, 11) is 0. The van der Waals surface area contributed by atoms with Crippen LogP contribution in [-0.2, 0) is 11.2 Å². The van der Waals surface area contributed by atoms with Gasteiger partial charge in [-0.25, -0.2) is 4.68 Å². The molecule has 7 heteroatoms. The van der Waals surface area contributed by atoms with Crippen molar-refractivity contribution in [2.45, 2.75) is 31.4 Å². The monoisotopic (exact) mass is 411 g/mol. The van der Waals surface area contributed by atoms with Gasteiger partial charge in [-0.15, -0.1) is 0 Å². The molecule has 154 valence electrons. The molecule has 0 saturated carbocycles. The molecule has 1 fully saturated rings. The third kappa shape index (κ3) is 3.16. The maximum absolute atomic E-state index is 9.19. The average Bonchev–Trinajstić information content (AvgIpc) is 3.39. The highest BCUT2D eigenvalue weighted by Crippen LogP contribution is 2.35. The van der Waals surface area contributed by atoms with Crippen LogP contribution in [0.25, 0.3) is 16.6 Å². The summed E-state index contributed by atoms with van der Waals surface area (Å²) in [5.41, 5.74) is 5.01. The molecule has 2 aliphatic rings. The van der Waals surface area contributed by atoms with Crippen molar-refractivity contribution in [1.82, 2.24) is 19.6 Å². The lowest BCUT2D eigenvalue weighted by molar-refractivity contribution is -0.0286. The van der Waals surface area contributed by atoms with Gasteiger partial charge < -0.3 is 9.47 Å². The number of hydrogen-bond donors (Lipinski definition) is 0. The van der Waals surface area contributed by atoms with Crippen molar-refractivity contribution in [3.8, 4) is 17.5 Å². The lowest BCUT2D eigenvalue weighted by Crippen LogP contribution is -2.30. The van der Waals surface area contributed by atoms with Crippen LogP contribution in [0.3, 0.4) is 0 Å². The summed E-state index contributed by atoms with van der Waals surface area (Å²) in [5, 5.41) is 19.3. The van der Waals surface area contributed by atoms with Crippen LogP contribution in [0.4, 0.5) is 0 Å². The SMILES string of the molecule is N#Cc1ccc2c(c1)CCCC2Oc1ccc2cnn(-c3cnn(C4COC4)c3)c2c1. The highest BCUT2D eigenvalue weighted by Gasteiger charge is 2.23. The molecule has 3 heterocycles. The Kier molecular flexibility index (Phi) is 4.25. The van der Waals surface area contributed by atoms with Gasteiger partial charge in [0.25, 0.3) is 0 Å². The van der Waals surface area contributed by atoms with Gasteiger partial charge in [-0.3, -0.25) is 4.68 Å². The minimum atomic E-state index is -0.00770. The van der Waals surface area contributed by atoms with Gasteiger partial charge >= 0.3 is 0 Å². The largest absolute Gasteiger partial charge is 0.486 e. The highest BCUT2D eigenvalue weighted by atomic mass is 16.5. The molecule has 1 aliphatic carbocycles. The number of hydrogen-bond acceptors (Lipinski definition) is 5. The van der Waals surface area contributed by atoms with Crippen LogP contribution in [0.1, 0.15) is 41.7 Å². The normalized spacial score (nSPS) is 18.4. The fourth-order valence-corrected chi connectivity index (χ4v) is 4.42. The van der Waals surface area contributed by atoms with Crippen molar-refractivity contribution < 1.29 is 9.47 Å². The van der Waals surface area contributed by atoms with Gasteiger partial charge in [0.15, 0.2) is 0 Å². The molecule has 4 aromatic rings. The highest BCUT2D eigenvalue weighted by molar-refractivity contribution is 5.81. The fourth-order valence-electron chi connectivity index (χ4n) is 4.42. The molecule has 0 N–H and O–H groups in total. The Bertz CT molecular complexity index is 1310. The maximum atomic E-state index is 9.19. The van der Waals surface area contributed by atoms with Crippen LogP contribution >= 0.6 is 0 Å². The quantitative estimate of drug-likeness (QED) is 0.505. The molecule has 1 aliphatic heterocycles. The van der Waals surface area contributed by atoms with E-state index in [9.17, 15) is 5.26 Å². The van der Waals surface area contributed by atoms with E-state index in [1.54, 1.807) is 0 Å². The Morgan fingerprint density at radius 1 is 1.10 bits per heavy atom. The third-order valence-corrected chi connectivity index (χ3v) is 6.18. The first kappa shape index (κ1) is 18.2. The second kappa shape index (κ2) is 7.25. The van der Waals surface area contributed by atoms with E-state index in [2.05, 4.69) is 16.3 Å². The van der Waals surface area contributed by atoms with Crippen molar-refractivity contribution >= 4 is 10.9 Å². The Morgan fingerprint density at radius 2 is 2.03 bits per heavy atom. The van der Waals surface area contributed by atoms with Crippen LogP contribution in [0.15, 0.2) is 55.0 Å². The molecule has 2 aromatic carbocycles. The van der Waals surface area contributed by atoms with Crippen LogP contribution in [-0.4, -0.2) is 32.8 Å². The Labute approximate surface area is 179 Å². The maximum Gasteiger partial charge on any atom is 0.124 e. The lowest BCUT2D eigenvalue weighted by Gasteiger charge is -2.26. The first-order valence-electron chi connectivity index (χ1n) is 10.6. The second-order valence-corrected chi connectivity index (χ2v) is 8.17. The molecule has 31 heavy (non-hydrogen) atoms. The lowest BCUT2D eigenvalue weighted by atomic mass is 9.88. The molecular formula is C24H21N5O2. The summed E-state index contributed by atoms with van der Waals surface area (Å²) in [6.45, 7) is 1.41. The topological polar surface area (TPSA) is 77.9 Å². The van der Waals surface area contributed by atoms with Gasteiger partial charge in [0.05, 0.1) is 55.0 Å². The third-order valence-electron chi connectivity index (χ3n) is 6.18. The standard InChI is InChI=1S/C24H21N5O2/c25-10-16-4-7-22-17(8-16)2-1-3-24(22)31-21-6-5-18-11-27-29(23(18)9-21)19-12-26-28(13-19)20-14-30-15-20/h4-9,11-13,20,24H,1-3,14-15H2. The van der Waals surface area contributed by atoms with E-state index in [-0.39, 0.29) is 6.10 Å². The van der Waals surface area contributed by atoms with Gasteiger partial charge in [0.2, 0.25) is 0 Å². The Morgan fingerprint density at radius 3 is 2.87 bits per heavy atom. The van der Waals surface area contributed by atoms with E-state index < -0.39 is 0 Å². The van der Waals surface area contributed by atoms with E-state index in [1.807, 2.05) is 64.4 Å². The van der Waals surface area contributed by atoms with Crippen molar-refractivity contribution in [3.05, 3.63) is 71.7 Å². The van der Waals surface area contributed by atoms with Gasteiger partial charge in [0, 0.05) is 11.5 Å². The number of rotatable bonds is 4. The van der Waals surface area contributed by atoms with Crippen molar-refractivity contribution in [1.29, 1.82) is 5.26 Å². The first-order valence-corrected chi connectivity index (χ1v) is 10.6. The van der Waals surface area contributed by atoms with Gasteiger partial charge in [-0.05, 0) is 54.7 Å². The zero-order valence-corrected chi connectivity index (χ0v) is 16.9. The molecule has 1 unspecified atom stereocenters. The number of aromatic nitrogens is 4. The van der Waals surface area contributed by atoms with Gasteiger partial charge in [-0.1, -0.05) is 6.07 Å². The van der Waals surface area contributed by atoms with Crippen LogP contribution in [0, 0.1) is 11.3 Å². The van der Waals surface area contributed by atoms with E-state index in [0.717, 1.165) is 41.6 Å². The Balaban J connectivity index is 1.31. The average molecular weight is 411 g/mol. The molecule has 1 atom stereocenters. The number of ether oxygens (including phenoxy) is 2. The Hall–Kier alpha value is -3.63. The molecule has 0 spiro atoms. The molecule has 1 saturated heterocycles. The smallest absolute Gasteiger partial charge is 0.124 e. The van der Waals surface area contributed by atoms with E-state index >= 15 is 0 Å². The number of aryl methyl sites for hydroxylation is 1.